The third-order valence-electron chi connectivity index (χ3n) is 3.86. The van der Waals surface area contributed by atoms with Crippen molar-refractivity contribution in [1.29, 1.82) is 0 Å². The molecule has 0 spiro atoms. The lowest BCUT2D eigenvalue weighted by molar-refractivity contribution is 0.0459. The first-order chi connectivity index (χ1) is 13.5. The van der Waals surface area contributed by atoms with Crippen LogP contribution in [0.5, 0.6) is 5.75 Å². The molecular weight excluding hydrogens is 364 g/mol. The highest BCUT2D eigenvalue weighted by Crippen LogP contribution is 2.25. The Labute approximate surface area is 161 Å². The normalized spacial score (nSPS) is 10.5. The molecular formula is C18H20N6O4. The van der Waals surface area contributed by atoms with Crippen LogP contribution in [0.2, 0.25) is 0 Å². The van der Waals surface area contributed by atoms with Crippen molar-refractivity contribution in [1.82, 2.24) is 20.1 Å². The fourth-order valence-electron chi connectivity index (χ4n) is 2.55. The Bertz CT molecular complexity index is 988. The van der Waals surface area contributed by atoms with Crippen LogP contribution in [-0.2, 0) is 17.8 Å². The molecule has 0 fully saturated rings. The SMILES string of the molecule is CCc1noc(C)c1C(=O)OCc1nc(N)nc(Nc2ccccc2OC)n1. The Morgan fingerprint density at radius 2 is 2.04 bits per heavy atom. The molecule has 0 unspecified atom stereocenters. The second kappa shape index (κ2) is 8.33. The van der Waals surface area contributed by atoms with Gasteiger partial charge >= 0.3 is 5.97 Å². The van der Waals surface area contributed by atoms with Crippen molar-refractivity contribution < 1.29 is 18.8 Å². The van der Waals surface area contributed by atoms with Crippen LogP contribution in [0, 0.1) is 6.92 Å². The van der Waals surface area contributed by atoms with Crippen molar-refractivity contribution in [3.05, 3.63) is 47.1 Å². The second-order valence-corrected chi connectivity index (χ2v) is 5.75. The minimum atomic E-state index is -0.561. The lowest BCUT2D eigenvalue weighted by Gasteiger charge is -2.11. The third-order valence-corrected chi connectivity index (χ3v) is 3.86. The number of aromatic nitrogens is 4. The molecule has 0 aliphatic heterocycles. The van der Waals surface area contributed by atoms with Gasteiger partial charge in [0.1, 0.15) is 17.1 Å². The molecule has 28 heavy (non-hydrogen) atoms. The second-order valence-electron chi connectivity index (χ2n) is 5.75. The Balaban J connectivity index is 1.75. The van der Waals surface area contributed by atoms with Crippen LogP contribution in [0.4, 0.5) is 17.6 Å². The van der Waals surface area contributed by atoms with Gasteiger partial charge in [0.05, 0.1) is 18.5 Å². The Morgan fingerprint density at radius 3 is 2.79 bits per heavy atom. The molecule has 2 aromatic heterocycles. The van der Waals surface area contributed by atoms with E-state index in [9.17, 15) is 4.79 Å². The quantitative estimate of drug-likeness (QED) is 0.584. The van der Waals surface area contributed by atoms with Gasteiger partial charge in [-0.2, -0.15) is 15.0 Å². The van der Waals surface area contributed by atoms with E-state index in [1.165, 1.54) is 0 Å². The minimum Gasteiger partial charge on any atom is -0.495 e. The van der Waals surface area contributed by atoms with Crippen LogP contribution in [0.25, 0.3) is 0 Å². The van der Waals surface area contributed by atoms with E-state index in [1.807, 2.05) is 19.1 Å². The van der Waals surface area contributed by atoms with Gasteiger partial charge < -0.3 is 25.0 Å². The molecule has 3 aromatic rings. The number of methoxy groups -OCH3 is 1. The van der Waals surface area contributed by atoms with Crippen molar-refractivity contribution in [3.63, 3.8) is 0 Å². The molecule has 3 rings (SSSR count). The summed E-state index contributed by atoms with van der Waals surface area (Å²) in [7, 11) is 1.56. The number of benzene rings is 1. The van der Waals surface area contributed by atoms with E-state index in [-0.39, 0.29) is 24.3 Å². The Kier molecular flexibility index (Phi) is 5.68. The summed E-state index contributed by atoms with van der Waals surface area (Å²) in [5.41, 5.74) is 7.27. The van der Waals surface area contributed by atoms with Crippen molar-refractivity contribution in [2.24, 2.45) is 0 Å². The van der Waals surface area contributed by atoms with Gasteiger partial charge in [0, 0.05) is 0 Å². The summed E-state index contributed by atoms with van der Waals surface area (Å²) in [6.45, 7) is 3.34. The molecule has 0 saturated heterocycles. The number of carbonyl (C=O) groups excluding carboxylic acids is 1. The first-order valence-electron chi connectivity index (χ1n) is 8.54. The number of ether oxygens (including phenoxy) is 2. The first kappa shape index (κ1) is 19.1. The zero-order valence-corrected chi connectivity index (χ0v) is 15.7. The van der Waals surface area contributed by atoms with Gasteiger partial charge in [-0.3, -0.25) is 0 Å². The molecule has 1 aromatic carbocycles. The number of rotatable bonds is 7. The molecule has 0 saturated carbocycles. The maximum atomic E-state index is 12.4. The van der Waals surface area contributed by atoms with Crippen LogP contribution in [0.1, 0.15) is 34.6 Å². The van der Waals surface area contributed by atoms with Crippen LogP contribution in [0.3, 0.4) is 0 Å². The summed E-state index contributed by atoms with van der Waals surface area (Å²) in [6, 6.07) is 7.28. The van der Waals surface area contributed by atoms with E-state index in [0.717, 1.165) is 0 Å². The molecule has 0 aliphatic rings. The fraction of sp³-hybridized carbons (Fsp3) is 0.278. The monoisotopic (exact) mass is 384 g/mol. The molecule has 0 aliphatic carbocycles. The molecule has 0 bridgehead atoms. The summed E-state index contributed by atoms with van der Waals surface area (Å²) in [5.74, 6) is 0.853. The van der Waals surface area contributed by atoms with Gasteiger partial charge in [0.15, 0.2) is 12.4 Å². The Hall–Kier alpha value is -3.69. The number of para-hydroxylation sites is 2. The maximum absolute atomic E-state index is 12.4. The number of aryl methyl sites for hydroxylation is 2. The Morgan fingerprint density at radius 1 is 1.25 bits per heavy atom. The molecule has 0 radical (unpaired) electrons. The third kappa shape index (κ3) is 4.17. The van der Waals surface area contributed by atoms with Gasteiger partial charge in [-0.05, 0) is 25.5 Å². The lowest BCUT2D eigenvalue weighted by atomic mass is 10.1. The van der Waals surface area contributed by atoms with E-state index in [4.69, 9.17) is 19.7 Å². The average Bonchev–Trinajstić information content (AvgIpc) is 3.07. The highest BCUT2D eigenvalue weighted by Gasteiger charge is 2.21. The number of nitrogen functional groups attached to an aromatic ring is 1. The number of carbonyl (C=O) groups is 1. The van der Waals surface area contributed by atoms with Gasteiger partial charge in [0.25, 0.3) is 0 Å². The predicted molar refractivity (Wildman–Crippen MR) is 100 cm³/mol. The van der Waals surface area contributed by atoms with E-state index < -0.39 is 5.97 Å². The minimum absolute atomic E-state index is 0.00569. The first-order valence-corrected chi connectivity index (χ1v) is 8.54. The highest BCUT2D eigenvalue weighted by molar-refractivity contribution is 5.91. The summed E-state index contributed by atoms with van der Waals surface area (Å²) >= 11 is 0. The fourth-order valence-corrected chi connectivity index (χ4v) is 2.55. The predicted octanol–water partition coefficient (Wildman–Crippen LogP) is 2.42. The van der Waals surface area contributed by atoms with Crippen LogP contribution in [0.15, 0.2) is 28.8 Å². The zero-order valence-electron chi connectivity index (χ0n) is 15.7. The molecule has 10 nitrogen and oxygen atoms in total. The topological polar surface area (TPSA) is 138 Å². The van der Waals surface area contributed by atoms with Crippen LogP contribution >= 0.6 is 0 Å². The molecule has 10 heteroatoms. The number of nitrogens with two attached hydrogens (primary N) is 1. The summed E-state index contributed by atoms with van der Waals surface area (Å²) in [6.07, 6.45) is 0.549. The van der Waals surface area contributed by atoms with Gasteiger partial charge in [-0.25, -0.2) is 4.79 Å². The van der Waals surface area contributed by atoms with Gasteiger partial charge in [0.2, 0.25) is 11.9 Å². The van der Waals surface area contributed by atoms with E-state index in [0.29, 0.717) is 34.9 Å². The van der Waals surface area contributed by atoms with Crippen molar-refractivity contribution in [3.8, 4) is 5.75 Å². The average molecular weight is 384 g/mol. The number of hydrogen-bond donors (Lipinski definition) is 2. The standard InChI is InChI=1S/C18H20N6O4/c1-4-11-15(10(2)28-24-11)16(25)27-9-14-21-17(19)23-18(22-14)20-12-7-5-6-8-13(12)26-3/h5-8H,4,9H2,1-3H3,(H3,19,20,21,22,23). The number of nitrogens with one attached hydrogen (secondary N) is 1. The van der Waals surface area contributed by atoms with Crippen LogP contribution in [-0.4, -0.2) is 33.2 Å². The molecule has 0 amide bonds. The largest absolute Gasteiger partial charge is 0.495 e. The van der Waals surface area contributed by atoms with E-state index >= 15 is 0 Å². The smallest absolute Gasteiger partial charge is 0.344 e. The molecule has 0 atom stereocenters. The van der Waals surface area contributed by atoms with E-state index in [1.54, 1.807) is 26.2 Å². The maximum Gasteiger partial charge on any atom is 0.344 e. The summed E-state index contributed by atoms with van der Waals surface area (Å²) in [4.78, 5) is 24.7. The highest BCUT2D eigenvalue weighted by atomic mass is 16.5. The molecule has 3 N–H and O–H groups in total. The van der Waals surface area contributed by atoms with E-state index in [2.05, 4.69) is 25.4 Å². The lowest BCUT2D eigenvalue weighted by Crippen LogP contribution is -2.12. The van der Waals surface area contributed by atoms with Gasteiger partial charge in [-0.1, -0.05) is 24.2 Å². The summed E-state index contributed by atoms with van der Waals surface area (Å²) in [5, 5.41) is 6.86. The number of esters is 1. The number of anilines is 3. The van der Waals surface area contributed by atoms with Gasteiger partial charge in [-0.15, -0.1) is 0 Å². The molecule has 146 valence electrons. The molecule has 2 heterocycles. The van der Waals surface area contributed by atoms with Crippen molar-refractivity contribution in [2.45, 2.75) is 26.9 Å². The number of nitrogens with zero attached hydrogens (tertiary/aromatic N) is 4. The van der Waals surface area contributed by atoms with Crippen molar-refractivity contribution >= 4 is 23.6 Å². The summed E-state index contributed by atoms with van der Waals surface area (Å²) < 4.78 is 15.6. The number of hydrogen-bond acceptors (Lipinski definition) is 10. The van der Waals surface area contributed by atoms with Crippen molar-refractivity contribution in [2.75, 3.05) is 18.2 Å². The van der Waals surface area contributed by atoms with Crippen LogP contribution < -0.4 is 15.8 Å². The zero-order chi connectivity index (χ0) is 20.1.